The van der Waals surface area contributed by atoms with E-state index in [4.69, 9.17) is 0 Å². The van der Waals surface area contributed by atoms with Gasteiger partial charge in [-0.3, -0.25) is 9.69 Å². The van der Waals surface area contributed by atoms with Crippen molar-refractivity contribution in [3.63, 3.8) is 0 Å². The van der Waals surface area contributed by atoms with E-state index in [9.17, 15) is 4.79 Å². The molecule has 1 amide bonds. The molecule has 1 aliphatic rings. The molecule has 5 nitrogen and oxygen atoms in total. The van der Waals surface area contributed by atoms with Crippen LogP contribution in [0.25, 0.3) is 10.4 Å². The molecule has 0 N–H and O–H groups in total. The normalized spacial score (nSPS) is 15.2. The van der Waals surface area contributed by atoms with Crippen LogP contribution in [-0.2, 0) is 6.54 Å². The number of hydrogen-bond donors (Lipinski definition) is 0. The Kier molecular flexibility index (Phi) is 5.04. The molecule has 3 aromatic rings. The second-order valence-corrected chi connectivity index (χ2v) is 7.12. The average Bonchev–Trinajstić information content (AvgIpc) is 3.19. The first-order valence-electron chi connectivity index (χ1n) is 8.74. The summed E-state index contributed by atoms with van der Waals surface area (Å²) < 4.78 is 4.02. The minimum atomic E-state index is -0.0167. The molecule has 2 aromatic carbocycles. The minimum absolute atomic E-state index is 0.0167. The van der Waals surface area contributed by atoms with Crippen LogP contribution in [0.4, 0.5) is 0 Å². The predicted octanol–water partition coefficient (Wildman–Crippen LogP) is 3.16. The molecular formula is C20H20N4OS. The number of piperazine rings is 1. The van der Waals surface area contributed by atoms with E-state index >= 15 is 0 Å². The molecule has 1 aromatic heterocycles. The first-order chi connectivity index (χ1) is 12.8. The largest absolute Gasteiger partial charge is 0.335 e. The number of hydrogen-bond acceptors (Lipinski definition) is 5. The highest BCUT2D eigenvalue weighted by atomic mass is 32.1. The van der Waals surface area contributed by atoms with Crippen molar-refractivity contribution in [3.05, 3.63) is 71.9 Å². The molecule has 26 heavy (non-hydrogen) atoms. The van der Waals surface area contributed by atoms with Crippen molar-refractivity contribution < 1.29 is 4.79 Å². The molecule has 6 heteroatoms. The maximum absolute atomic E-state index is 12.9. The van der Waals surface area contributed by atoms with Gasteiger partial charge in [0.1, 0.15) is 0 Å². The molecule has 2 heterocycles. The molecule has 0 bridgehead atoms. The van der Waals surface area contributed by atoms with E-state index < -0.39 is 0 Å². The van der Waals surface area contributed by atoms with Gasteiger partial charge in [0.05, 0.1) is 4.88 Å². The van der Waals surface area contributed by atoms with Crippen molar-refractivity contribution >= 4 is 17.4 Å². The molecule has 132 valence electrons. The summed E-state index contributed by atoms with van der Waals surface area (Å²) in [6.45, 7) is 4.11. The van der Waals surface area contributed by atoms with Crippen LogP contribution in [0.2, 0.25) is 0 Å². The summed E-state index contributed by atoms with van der Waals surface area (Å²) in [5, 5.41) is 4.12. The maximum atomic E-state index is 12.9. The summed E-state index contributed by atoms with van der Waals surface area (Å²) in [6.07, 6.45) is 0. The highest BCUT2D eigenvalue weighted by Gasteiger charge is 2.26. The lowest BCUT2D eigenvalue weighted by atomic mass is 10.1. The Bertz CT molecular complexity index is 858. The molecular weight excluding hydrogens is 344 g/mol. The third-order valence-electron chi connectivity index (χ3n) is 4.64. The third kappa shape index (κ3) is 3.66. The Morgan fingerprint density at radius 2 is 1.58 bits per heavy atom. The second kappa shape index (κ2) is 7.76. The lowest BCUT2D eigenvalue weighted by molar-refractivity contribution is 0.0623. The topological polar surface area (TPSA) is 49.3 Å². The van der Waals surface area contributed by atoms with Gasteiger partial charge in [-0.05, 0) is 22.7 Å². The second-order valence-electron chi connectivity index (χ2n) is 6.37. The van der Waals surface area contributed by atoms with Gasteiger partial charge in [0.15, 0.2) is 5.69 Å². The van der Waals surface area contributed by atoms with Gasteiger partial charge < -0.3 is 4.90 Å². The van der Waals surface area contributed by atoms with Crippen LogP contribution in [-0.4, -0.2) is 51.5 Å². The highest BCUT2D eigenvalue weighted by Crippen LogP contribution is 2.27. The lowest BCUT2D eigenvalue weighted by Gasteiger charge is -2.34. The molecule has 4 rings (SSSR count). The van der Waals surface area contributed by atoms with Gasteiger partial charge in [-0.25, -0.2) is 0 Å². The number of carbonyl (C=O) groups excluding carboxylic acids is 1. The van der Waals surface area contributed by atoms with Crippen LogP contribution < -0.4 is 0 Å². The molecule has 1 aliphatic heterocycles. The Labute approximate surface area is 157 Å². The zero-order valence-corrected chi connectivity index (χ0v) is 15.2. The summed E-state index contributed by atoms with van der Waals surface area (Å²) in [5.74, 6) is -0.0167. The van der Waals surface area contributed by atoms with Crippen molar-refractivity contribution in [3.8, 4) is 10.4 Å². The molecule has 0 unspecified atom stereocenters. The number of carbonyl (C=O) groups is 1. The fourth-order valence-electron chi connectivity index (χ4n) is 3.21. The van der Waals surface area contributed by atoms with E-state index in [0.29, 0.717) is 5.69 Å². The van der Waals surface area contributed by atoms with Gasteiger partial charge in [-0.15, -0.1) is 5.10 Å². The van der Waals surface area contributed by atoms with Gasteiger partial charge in [0.25, 0.3) is 5.91 Å². The van der Waals surface area contributed by atoms with Crippen LogP contribution in [0, 0.1) is 0 Å². The fraction of sp³-hybridized carbons (Fsp3) is 0.250. The number of benzene rings is 2. The Morgan fingerprint density at radius 3 is 2.27 bits per heavy atom. The smallest absolute Gasteiger partial charge is 0.276 e. The van der Waals surface area contributed by atoms with Crippen LogP contribution in [0.1, 0.15) is 16.1 Å². The van der Waals surface area contributed by atoms with E-state index in [2.05, 4.69) is 38.8 Å². The summed E-state index contributed by atoms with van der Waals surface area (Å²) in [5.41, 5.74) is 2.77. The standard InChI is InChI=1S/C20H20N4OS/c25-20(18-19(26-22-21-18)17-9-5-2-6-10-17)24-13-11-23(12-14-24)15-16-7-3-1-4-8-16/h1-10H,11-15H2. The summed E-state index contributed by atoms with van der Waals surface area (Å²) in [6, 6.07) is 20.3. The zero-order chi connectivity index (χ0) is 17.8. The summed E-state index contributed by atoms with van der Waals surface area (Å²) in [7, 11) is 0. The highest BCUT2D eigenvalue weighted by molar-refractivity contribution is 7.09. The van der Waals surface area contributed by atoms with E-state index in [1.54, 1.807) is 0 Å². The first-order valence-corrected chi connectivity index (χ1v) is 9.52. The molecule has 1 fully saturated rings. The monoisotopic (exact) mass is 364 g/mol. The van der Waals surface area contributed by atoms with E-state index in [0.717, 1.165) is 43.2 Å². The molecule has 0 spiro atoms. The SMILES string of the molecule is O=C(c1nnsc1-c1ccccc1)N1CCN(Cc2ccccc2)CC1. The van der Waals surface area contributed by atoms with Crippen molar-refractivity contribution in [1.29, 1.82) is 0 Å². The molecule has 0 atom stereocenters. The van der Waals surface area contributed by atoms with Gasteiger partial charge in [0.2, 0.25) is 0 Å². The van der Waals surface area contributed by atoms with Crippen molar-refractivity contribution in [1.82, 2.24) is 19.4 Å². The third-order valence-corrected chi connectivity index (χ3v) is 5.41. The van der Waals surface area contributed by atoms with E-state index in [-0.39, 0.29) is 5.91 Å². The Morgan fingerprint density at radius 1 is 0.923 bits per heavy atom. The lowest BCUT2D eigenvalue weighted by Crippen LogP contribution is -2.48. The Balaban J connectivity index is 1.41. The number of rotatable bonds is 4. The average molecular weight is 364 g/mol. The number of amides is 1. The van der Waals surface area contributed by atoms with Gasteiger partial charge in [-0.2, -0.15) is 0 Å². The summed E-state index contributed by atoms with van der Waals surface area (Å²) in [4.78, 5) is 18.1. The van der Waals surface area contributed by atoms with Crippen LogP contribution >= 0.6 is 11.5 Å². The number of nitrogens with zero attached hydrogens (tertiary/aromatic N) is 4. The van der Waals surface area contributed by atoms with Gasteiger partial charge >= 0.3 is 0 Å². The molecule has 1 saturated heterocycles. The van der Waals surface area contributed by atoms with Gasteiger partial charge in [0, 0.05) is 32.7 Å². The predicted molar refractivity (Wildman–Crippen MR) is 103 cm³/mol. The zero-order valence-electron chi connectivity index (χ0n) is 14.4. The molecule has 0 aliphatic carbocycles. The van der Waals surface area contributed by atoms with Crippen molar-refractivity contribution in [2.75, 3.05) is 26.2 Å². The van der Waals surface area contributed by atoms with Crippen LogP contribution in [0.3, 0.4) is 0 Å². The summed E-state index contributed by atoms with van der Waals surface area (Å²) >= 11 is 1.28. The maximum Gasteiger partial charge on any atom is 0.276 e. The van der Waals surface area contributed by atoms with E-state index in [1.807, 2.05) is 41.3 Å². The minimum Gasteiger partial charge on any atom is -0.335 e. The quantitative estimate of drug-likeness (QED) is 0.714. The fourth-order valence-corrected chi connectivity index (χ4v) is 3.87. The van der Waals surface area contributed by atoms with Crippen LogP contribution in [0.15, 0.2) is 60.7 Å². The van der Waals surface area contributed by atoms with Crippen LogP contribution in [0.5, 0.6) is 0 Å². The molecule has 0 saturated carbocycles. The first kappa shape index (κ1) is 16.9. The van der Waals surface area contributed by atoms with Crippen molar-refractivity contribution in [2.24, 2.45) is 0 Å². The van der Waals surface area contributed by atoms with E-state index in [1.165, 1.54) is 17.1 Å². The Hall–Kier alpha value is -2.57. The molecule has 0 radical (unpaired) electrons. The van der Waals surface area contributed by atoms with Crippen molar-refractivity contribution in [2.45, 2.75) is 6.54 Å². The van der Waals surface area contributed by atoms with Gasteiger partial charge in [-0.1, -0.05) is 65.2 Å². The number of aromatic nitrogens is 2.